The first-order valence-electron chi connectivity index (χ1n) is 19.7. The molecule has 0 fully saturated rings. The van der Waals surface area contributed by atoms with Crippen LogP contribution in [0.25, 0.3) is 66.4 Å². The summed E-state index contributed by atoms with van der Waals surface area (Å²) in [5.74, 6) is 0. The van der Waals surface area contributed by atoms with Gasteiger partial charge in [-0.05, 0) is 121 Å². The average Bonchev–Trinajstić information content (AvgIpc) is 3.81. The van der Waals surface area contributed by atoms with Crippen molar-refractivity contribution in [3.8, 4) is 44.5 Å². The highest BCUT2D eigenvalue weighted by atomic mass is 16.3. The van der Waals surface area contributed by atoms with Gasteiger partial charge in [0.05, 0.1) is 0 Å². The Morgan fingerprint density at radius 2 is 0.893 bits per heavy atom. The molecule has 2 aliphatic carbocycles. The fraction of sp³-hybridized carbons (Fsp3) is 0.111. The van der Waals surface area contributed by atoms with Crippen molar-refractivity contribution in [1.29, 1.82) is 0 Å². The van der Waals surface area contributed by atoms with Crippen LogP contribution >= 0.6 is 0 Å². The monoisotopic (exact) mass is 719 g/mol. The van der Waals surface area contributed by atoms with Gasteiger partial charge >= 0.3 is 0 Å². The highest BCUT2D eigenvalue weighted by Gasteiger charge is 2.38. The third-order valence-electron chi connectivity index (χ3n) is 12.7. The molecule has 0 amide bonds. The standard InChI is InChI=1S/C54H41NO/c1-53(2)47-17-8-5-12-41(47)43-30-29-39(33-49(43)53)55(37-25-20-34(21-26-37)36-24-31-51-46(32-36)44-14-7-10-19-50(44)56-51)38-27-22-35(23-28-38)40-15-11-16-45-42-13-6-9-18-48(42)54(3,4)52(40)45/h5-33H,1-4H3. The van der Waals surface area contributed by atoms with Crippen molar-refractivity contribution in [1.82, 2.24) is 0 Å². The van der Waals surface area contributed by atoms with Crippen LogP contribution in [0.1, 0.15) is 49.9 Å². The van der Waals surface area contributed by atoms with Gasteiger partial charge in [-0.1, -0.05) is 149 Å². The van der Waals surface area contributed by atoms with Crippen molar-refractivity contribution in [3.63, 3.8) is 0 Å². The molecule has 2 aliphatic rings. The molecule has 2 nitrogen and oxygen atoms in total. The van der Waals surface area contributed by atoms with Crippen LogP contribution in [-0.4, -0.2) is 0 Å². The molecule has 0 saturated heterocycles. The Kier molecular flexibility index (Phi) is 6.98. The van der Waals surface area contributed by atoms with Crippen LogP contribution in [-0.2, 0) is 10.8 Å². The summed E-state index contributed by atoms with van der Waals surface area (Å²) in [5, 5.41) is 2.29. The van der Waals surface area contributed by atoms with Gasteiger partial charge in [-0.25, -0.2) is 0 Å². The summed E-state index contributed by atoms with van der Waals surface area (Å²) in [5.41, 5.74) is 20.8. The van der Waals surface area contributed by atoms with E-state index in [-0.39, 0.29) is 10.8 Å². The number of rotatable bonds is 5. The van der Waals surface area contributed by atoms with Crippen LogP contribution in [0.3, 0.4) is 0 Å². The van der Waals surface area contributed by atoms with E-state index in [1.807, 2.05) is 12.1 Å². The van der Waals surface area contributed by atoms with Gasteiger partial charge in [-0.15, -0.1) is 0 Å². The van der Waals surface area contributed by atoms with E-state index in [9.17, 15) is 0 Å². The largest absolute Gasteiger partial charge is 0.456 e. The summed E-state index contributed by atoms with van der Waals surface area (Å²) in [6.45, 7) is 9.44. The van der Waals surface area contributed by atoms with Gasteiger partial charge in [0.25, 0.3) is 0 Å². The van der Waals surface area contributed by atoms with E-state index in [4.69, 9.17) is 4.42 Å². The van der Waals surface area contributed by atoms with E-state index in [1.165, 1.54) is 66.8 Å². The molecule has 0 bridgehead atoms. The summed E-state index contributed by atoms with van der Waals surface area (Å²) in [4.78, 5) is 2.41. The zero-order valence-corrected chi connectivity index (χ0v) is 32.1. The number of hydrogen-bond acceptors (Lipinski definition) is 2. The minimum Gasteiger partial charge on any atom is -0.456 e. The van der Waals surface area contributed by atoms with E-state index < -0.39 is 0 Å². The van der Waals surface area contributed by atoms with Gasteiger partial charge in [0.2, 0.25) is 0 Å². The smallest absolute Gasteiger partial charge is 0.135 e. The summed E-state index contributed by atoms with van der Waals surface area (Å²) in [7, 11) is 0. The quantitative estimate of drug-likeness (QED) is 0.176. The first-order valence-corrected chi connectivity index (χ1v) is 19.7. The fourth-order valence-corrected chi connectivity index (χ4v) is 9.87. The minimum absolute atomic E-state index is 0.0843. The first-order chi connectivity index (χ1) is 27.3. The molecule has 2 heteroatoms. The van der Waals surface area contributed by atoms with Crippen LogP contribution in [0.4, 0.5) is 17.1 Å². The van der Waals surface area contributed by atoms with E-state index in [2.05, 4.69) is 196 Å². The molecule has 9 aromatic rings. The van der Waals surface area contributed by atoms with Crippen LogP contribution in [0, 0.1) is 0 Å². The molecule has 11 rings (SSSR count). The van der Waals surface area contributed by atoms with E-state index in [0.29, 0.717) is 0 Å². The van der Waals surface area contributed by atoms with E-state index >= 15 is 0 Å². The highest BCUT2D eigenvalue weighted by molar-refractivity contribution is 6.06. The third kappa shape index (κ3) is 4.75. The Labute approximate surface area is 328 Å². The second kappa shape index (κ2) is 11.9. The summed E-state index contributed by atoms with van der Waals surface area (Å²) >= 11 is 0. The van der Waals surface area contributed by atoms with Gasteiger partial charge in [-0.2, -0.15) is 0 Å². The maximum Gasteiger partial charge on any atom is 0.135 e. The molecular formula is C54H41NO. The SMILES string of the molecule is CC1(C)c2ccccc2-c2ccc(N(c3ccc(-c4ccc5oc6ccccc6c5c4)cc3)c3ccc(-c4cccc5c4C(C)(C)c4ccccc4-5)cc3)cc21. The Hall–Kier alpha value is -6.64. The van der Waals surface area contributed by atoms with Gasteiger partial charge in [-0.3, -0.25) is 0 Å². The molecular weight excluding hydrogens is 679 g/mol. The van der Waals surface area contributed by atoms with Crippen molar-refractivity contribution in [2.45, 2.75) is 38.5 Å². The number of benzene rings is 8. The van der Waals surface area contributed by atoms with E-state index in [1.54, 1.807) is 0 Å². The Morgan fingerprint density at radius 1 is 0.357 bits per heavy atom. The van der Waals surface area contributed by atoms with Crippen molar-refractivity contribution in [2.75, 3.05) is 4.90 Å². The lowest BCUT2D eigenvalue weighted by atomic mass is 9.79. The molecule has 0 aliphatic heterocycles. The van der Waals surface area contributed by atoms with Crippen LogP contribution in [0.2, 0.25) is 0 Å². The van der Waals surface area contributed by atoms with Gasteiger partial charge in [0.1, 0.15) is 11.2 Å². The second-order valence-electron chi connectivity index (χ2n) is 16.5. The number of anilines is 3. The molecule has 1 aromatic heterocycles. The number of para-hydroxylation sites is 1. The topological polar surface area (TPSA) is 16.4 Å². The molecule has 56 heavy (non-hydrogen) atoms. The lowest BCUT2D eigenvalue weighted by Crippen LogP contribution is -2.16. The summed E-state index contributed by atoms with van der Waals surface area (Å²) in [6, 6.07) is 64.6. The number of fused-ring (bicyclic) bond motifs is 9. The number of nitrogens with zero attached hydrogens (tertiary/aromatic N) is 1. The molecule has 0 atom stereocenters. The zero-order valence-electron chi connectivity index (χ0n) is 32.1. The molecule has 0 spiro atoms. The van der Waals surface area contributed by atoms with Gasteiger partial charge in [0, 0.05) is 38.7 Å². The molecule has 0 N–H and O–H groups in total. The van der Waals surface area contributed by atoms with E-state index in [0.717, 1.165) is 39.0 Å². The van der Waals surface area contributed by atoms with Crippen molar-refractivity contribution in [2.24, 2.45) is 0 Å². The Bertz CT molecular complexity index is 3010. The highest BCUT2D eigenvalue weighted by Crippen LogP contribution is 2.53. The normalized spacial score (nSPS) is 14.4. The molecule has 268 valence electrons. The summed E-state index contributed by atoms with van der Waals surface area (Å²) in [6.07, 6.45) is 0. The predicted octanol–water partition coefficient (Wildman–Crippen LogP) is 15.0. The molecule has 0 radical (unpaired) electrons. The predicted molar refractivity (Wildman–Crippen MR) is 234 cm³/mol. The maximum atomic E-state index is 6.14. The van der Waals surface area contributed by atoms with Crippen molar-refractivity contribution in [3.05, 3.63) is 198 Å². The van der Waals surface area contributed by atoms with Crippen LogP contribution in [0.15, 0.2) is 180 Å². The average molecular weight is 720 g/mol. The fourth-order valence-electron chi connectivity index (χ4n) is 9.87. The minimum atomic E-state index is -0.102. The van der Waals surface area contributed by atoms with Crippen molar-refractivity contribution < 1.29 is 4.42 Å². The molecule has 0 saturated carbocycles. The van der Waals surface area contributed by atoms with Crippen LogP contribution in [0.5, 0.6) is 0 Å². The lowest BCUT2D eigenvalue weighted by Gasteiger charge is -2.29. The first kappa shape index (κ1) is 32.8. The van der Waals surface area contributed by atoms with Crippen LogP contribution < -0.4 is 4.90 Å². The van der Waals surface area contributed by atoms with Gasteiger partial charge in [0.15, 0.2) is 0 Å². The van der Waals surface area contributed by atoms with Gasteiger partial charge < -0.3 is 9.32 Å². The molecule has 1 heterocycles. The third-order valence-corrected chi connectivity index (χ3v) is 12.7. The number of hydrogen-bond donors (Lipinski definition) is 0. The Morgan fingerprint density at radius 3 is 1.64 bits per heavy atom. The second-order valence-corrected chi connectivity index (χ2v) is 16.5. The van der Waals surface area contributed by atoms with Crippen molar-refractivity contribution >= 4 is 39.0 Å². The lowest BCUT2D eigenvalue weighted by molar-refractivity contribution is 0.660. The number of furan rings is 1. The molecule has 0 unspecified atom stereocenters. The zero-order chi connectivity index (χ0) is 37.8. The maximum absolute atomic E-state index is 6.14. The Balaban J connectivity index is 1.02. The molecule has 8 aromatic carbocycles. The summed E-state index contributed by atoms with van der Waals surface area (Å²) < 4.78 is 6.14.